The van der Waals surface area contributed by atoms with E-state index in [1.54, 1.807) is 17.2 Å². The van der Waals surface area contributed by atoms with Crippen molar-refractivity contribution in [1.82, 2.24) is 9.78 Å². The minimum absolute atomic E-state index is 0.111. The van der Waals surface area contributed by atoms with Gasteiger partial charge in [-0.2, -0.15) is 5.10 Å². The van der Waals surface area contributed by atoms with Gasteiger partial charge in [-0.1, -0.05) is 30.0 Å². The van der Waals surface area contributed by atoms with E-state index in [1.165, 1.54) is 11.8 Å². The van der Waals surface area contributed by atoms with E-state index in [1.807, 2.05) is 47.5 Å². The number of rotatable bonds is 3. The normalized spacial score (nSPS) is 16.9. The number of carbonyl (C=O) groups excluding carboxylic acids is 1. The molecule has 24 heavy (non-hydrogen) atoms. The van der Waals surface area contributed by atoms with Gasteiger partial charge in [0.25, 0.3) is 5.91 Å². The van der Waals surface area contributed by atoms with E-state index in [0.29, 0.717) is 12.3 Å². The second-order valence-corrected chi connectivity index (χ2v) is 6.52. The van der Waals surface area contributed by atoms with E-state index in [4.69, 9.17) is 4.42 Å². The Morgan fingerprint density at radius 3 is 2.88 bits per heavy atom. The molecule has 122 valence electrons. The van der Waals surface area contributed by atoms with Gasteiger partial charge in [-0.25, -0.2) is 0 Å². The predicted octanol–water partition coefficient (Wildman–Crippen LogP) is 3.64. The Morgan fingerprint density at radius 2 is 2.12 bits per heavy atom. The molecule has 0 aliphatic carbocycles. The van der Waals surface area contributed by atoms with Gasteiger partial charge < -0.3 is 9.32 Å². The lowest BCUT2D eigenvalue weighted by Gasteiger charge is -2.34. The Morgan fingerprint density at radius 1 is 1.25 bits per heavy atom. The van der Waals surface area contributed by atoms with E-state index in [9.17, 15) is 4.79 Å². The molecule has 1 aromatic carbocycles. The van der Waals surface area contributed by atoms with Crippen molar-refractivity contribution in [3.8, 4) is 0 Å². The highest BCUT2D eigenvalue weighted by Gasteiger charge is 2.31. The number of hydrogen-bond donors (Lipinski definition) is 0. The van der Waals surface area contributed by atoms with Crippen LogP contribution in [0, 0.1) is 0 Å². The van der Waals surface area contributed by atoms with Gasteiger partial charge in [0.2, 0.25) is 0 Å². The van der Waals surface area contributed by atoms with Crippen molar-refractivity contribution in [1.29, 1.82) is 0 Å². The molecule has 1 amide bonds. The molecule has 1 aliphatic heterocycles. The lowest BCUT2D eigenvalue weighted by Crippen LogP contribution is -2.41. The number of fused-ring (bicyclic) bond motifs is 1. The lowest BCUT2D eigenvalue weighted by atomic mass is 9.97. The molecule has 0 saturated heterocycles. The first-order valence-corrected chi connectivity index (χ1v) is 9.01. The SMILES string of the molecule is CSc1ccc(C(=O)N2CC(n3cccn3)Cc3ccccc32)o1. The molecule has 4 rings (SSSR count). The number of furan rings is 1. The second-order valence-electron chi connectivity index (χ2n) is 5.71. The molecule has 1 unspecified atom stereocenters. The van der Waals surface area contributed by atoms with Crippen LogP contribution in [0.15, 0.2) is 64.4 Å². The summed E-state index contributed by atoms with van der Waals surface area (Å²) in [6.07, 6.45) is 6.50. The summed E-state index contributed by atoms with van der Waals surface area (Å²) in [6, 6.07) is 13.6. The highest BCUT2D eigenvalue weighted by atomic mass is 32.2. The summed E-state index contributed by atoms with van der Waals surface area (Å²) in [5, 5.41) is 5.09. The van der Waals surface area contributed by atoms with Crippen LogP contribution in [-0.4, -0.2) is 28.5 Å². The first-order valence-electron chi connectivity index (χ1n) is 7.79. The third-order valence-electron chi connectivity index (χ3n) is 4.27. The number of amides is 1. The molecule has 3 aromatic rings. The third-order valence-corrected chi connectivity index (χ3v) is 4.89. The highest BCUT2D eigenvalue weighted by molar-refractivity contribution is 7.98. The Labute approximate surface area is 144 Å². The number of benzene rings is 1. The Kier molecular flexibility index (Phi) is 3.90. The molecule has 0 fully saturated rings. The van der Waals surface area contributed by atoms with Crippen LogP contribution in [-0.2, 0) is 6.42 Å². The molecule has 0 saturated carbocycles. The number of thioether (sulfide) groups is 1. The van der Waals surface area contributed by atoms with Gasteiger partial charge in [0.05, 0.1) is 6.04 Å². The predicted molar refractivity (Wildman–Crippen MR) is 93.6 cm³/mol. The summed E-state index contributed by atoms with van der Waals surface area (Å²) < 4.78 is 7.56. The second kappa shape index (κ2) is 6.20. The van der Waals surface area contributed by atoms with Crippen LogP contribution in [0.1, 0.15) is 22.2 Å². The van der Waals surface area contributed by atoms with Crippen molar-refractivity contribution in [2.24, 2.45) is 0 Å². The number of carbonyl (C=O) groups is 1. The molecule has 0 radical (unpaired) electrons. The van der Waals surface area contributed by atoms with Gasteiger partial charge in [-0.05, 0) is 42.5 Å². The monoisotopic (exact) mass is 339 g/mol. The molecule has 1 aliphatic rings. The number of nitrogens with zero attached hydrogens (tertiary/aromatic N) is 3. The first-order chi connectivity index (χ1) is 11.8. The molecule has 0 N–H and O–H groups in total. The maximum atomic E-state index is 13.0. The van der Waals surface area contributed by atoms with Gasteiger partial charge in [-0.15, -0.1) is 0 Å². The maximum absolute atomic E-state index is 13.0. The summed E-state index contributed by atoms with van der Waals surface area (Å²) in [5.41, 5.74) is 2.10. The average molecular weight is 339 g/mol. The maximum Gasteiger partial charge on any atom is 0.294 e. The summed E-state index contributed by atoms with van der Waals surface area (Å²) in [5.74, 6) is 0.259. The number of hydrogen-bond acceptors (Lipinski definition) is 4. The Balaban J connectivity index is 1.71. The fourth-order valence-electron chi connectivity index (χ4n) is 3.12. The zero-order valence-electron chi connectivity index (χ0n) is 13.3. The molecule has 5 nitrogen and oxygen atoms in total. The quantitative estimate of drug-likeness (QED) is 0.684. The largest absolute Gasteiger partial charge is 0.445 e. The summed E-state index contributed by atoms with van der Waals surface area (Å²) in [6.45, 7) is 0.576. The fraction of sp³-hybridized carbons (Fsp3) is 0.222. The van der Waals surface area contributed by atoms with Gasteiger partial charge >= 0.3 is 0 Å². The molecule has 3 heterocycles. The Hall–Kier alpha value is -2.47. The van der Waals surface area contributed by atoms with Crippen LogP contribution in [0.3, 0.4) is 0 Å². The lowest BCUT2D eigenvalue weighted by molar-refractivity contribution is 0.0948. The zero-order valence-corrected chi connectivity index (χ0v) is 14.1. The smallest absolute Gasteiger partial charge is 0.294 e. The zero-order chi connectivity index (χ0) is 16.5. The minimum atomic E-state index is -0.111. The average Bonchev–Trinajstić information content (AvgIpc) is 3.31. The van der Waals surface area contributed by atoms with Crippen molar-refractivity contribution in [3.63, 3.8) is 0 Å². The summed E-state index contributed by atoms with van der Waals surface area (Å²) in [7, 11) is 0. The molecule has 6 heteroatoms. The molecular weight excluding hydrogens is 322 g/mol. The van der Waals surface area contributed by atoms with E-state index in [2.05, 4.69) is 11.2 Å². The van der Waals surface area contributed by atoms with Crippen LogP contribution < -0.4 is 4.90 Å². The molecule has 2 aromatic heterocycles. The fourth-order valence-corrected chi connectivity index (χ4v) is 3.50. The van der Waals surface area contributed by atoms with Gasteiger partial charge in [-0.3, -0.25) is 9.48 Å². The van der Waals surface area contributed by atoms with Crippen LogP contribution >= 0.6 is 11.8 Å². The third kappa shape index (κ3) is 2.63. The van der Waals surface area contributed by atoms with Crippen LogP contribution in [0.25, 0.3) is 0 Å². The first kappa shape index (κ1) is 15.1. The number of para-hydroxylation sites is 1. The summed E-state index contributed by atoms with van der Waals surface area (Å²) >= 11 is 1.49. The van der Waals surface area contributed by atoms with Crippen molar-refractivity contribution in [2.75, 3.05) is 17.7 Å². The molecule has 0 bridgehead atoms. The number of aromatic nitrogens is 2. The van der Waals surface area contributed by atoms with Crippen molar-refractivity contribution in [3.05, 3.63) is 66.2 Å². The summed E-state index contributed by atoms with van der Waals surface area (Å²) in [4.78, 5) is 14.8. The van der Waals surface area contributed by atoms with Gasteiger partial charge in [0.15, 0.2) is 10.9 Å². The topological polar surface area (TPSA) is 51.3 Å². The van der Waals surface area contributed by atoms with Crippen LogP contribution in [0.4, 0.5) is 5.69 Å². The van der Waals surface area contributed by atoms with E-state index in [-0.39, 0.29) is 11.9 Å². The van der Waals surface area contributed by atoms with Crippen LogP contribution in [0.5, 0.6) is 0 Å². The Bertz CT molecular complexity index is 857. The van der Waals surface area contributed by atoms with E-state index >= 15 is 0 Å². The van der Waals surface area contributed by atoms with E-state index < -0.39 is 0 Å². The standard InChI is InChI=1S/C18H17N3O2S/c1-24-17-8-7-16(23-17)18(22)20-12-14(21-10-4-9-19-21)11-13-5-2-3-6-15(13)20/h2-10,14H,11-12H2,1H3. The minimum Gasteiger partial charge on any atom is -0.445 e. The van der Waals surface area contributed by atoms with Crippen molar-refractivity contribution >= 4 is 23.4 Å². The molecule has 1 atom stereocenters. The molecular formula is C18H17N3O2S. The number of anilines is 1. The van der Waals surface area contributed by atoms with Crippen LogP contribution in [0.2, 0.25) is 0 Å². The van der Waals surface area contributed by atoms with Crippen molar-refractivity contribution in [2.45, 2.75) is 17.6 Å². The van der Waals surface area contributed by atoms with E-state index in [0.717, 1.165) is 22.8 Å². The van der Waals surface area contributed by atoms with Gasteiger partial charge in [0.1, 0.15) is 0 Å². The van der Waals surface area contributed by atoms with Gasteiger partial charge in [0, 0.05) is 24.6 Å². The van der Waals surface area contributed by atoms with Crippen molar-refractivity contribution < 1.29 is 9.21 Å². The highest BCUT2D eigenvalue weighted by Crippen LogP contribution is 2.33. The molecule has 0 spiro atoms.